The number of carbonyl (C=O) groups excluding carboxylic acids is 3. The van der Waals surface area contributed by atoms with Crippen LogP contribution in [0.5, 0.6) is 0 Å². The Morgan fingerprint density at radius 1 is 0.980 bits per heavy atom. The number of hydrogen-bond donors (Lipinski definition) is 5. The van der Waals surface area contributed by atoms with Gasteiger partial charge in [-0.25, -0.2) is 20.1 Å². The number of hydrogen-bond acceptors (Lipinski definition) is 9. The Morgan fingerprint density at radius 2 is 1.71 bits per heavy atom. The van der Waals surface area contributed by atoms with Crippen molar-refractivity contribution in [1.29, 1.82) is 0 Å². The molecule has 3 amide bonds. The predicted molar refractivity (Wildman–Crippen MR) is 186 cm³/mol. The van der Waals surface area contributed by atoms with Gasteiger partial charge in [0.2, 0.25) is 5.91 Å². The summed E-state index contributed by atoms with van der Waals surface area (Å²) in [6, 6.07) is 22.8. The van der Waals surface area contributed by atoms with Gasteiger partial charge in [-0.1, -0.05) is 41.9 Å². The second kappa shape index (κ2) is 14.3. The molecule has 5 N–H and O–H groups in total. The van der Waals surface area contributed by atoms with Gasteiger partial charge < -0.3 is 20.1 Å². The zero-order valence-corrected chi connectivity index (χ0v) is 26.8. The summed E-state index contributed by atoms with van der Waals surface area (Å²) in [5.41, 5.74) is 11.1. The normalized spacial score (nSPS) is 15.0. The van der Waals surface area contributed by atoms with Crippen LogP contribution in [0.4, 0.5) is 21.9 Å². The molecule has 0 fully saturated rings. The number of carboxylic acids is 1. The highest BCUT2D eigenvalue weighted by Gasteiger charge is 2.36. The third-order valence-corrected chi connectivity index (χ3v) is 8.28. The van der Waals surface area contributed by atoms with E-state index in [0.717, 1.165) is 16.7 Å². The van der Waals surface area contributed by atoms with Gasteiger partial charge in [-0.2, -0.15) is 5.10 Å². The summed E-state index contributed by atoms with van der Waals surface area (Å²) in [5.74, 6) is -1.95. The van der Waals surface area contributed by atoms with E-state index >= 15 is 0 Å². The fraction of sp³-hybridized carbons (Fsp3) is 0.114. The molecule has 49 heavy (non-hydrogen) atoms. The van der Waals surface area contributed by atoms with Gasteiger partial charge in [0.05, 0.1) is 18.4 Å². The highest BCUT2D eigenvalue weighted by Crippen LogP contribution is 2.37. The summed E-state index contributed by atoms with van der Waals surface area (Å²) in [6.45, 7) is 0.234. The first-order chi connectivity index (χ1) is 23.7. The van der Waals surface area contributed by atoms with Crippen LogP contribution in [0, 0.1) is 0 Å². The van der Waals surface area contributed by atoms with Crippen LogP contribution in [0.2, 0.25) is 5.02 Å². The van der Waals surface area contributed by atoms with Crippen LogP contribution < -0.4 is 26.7 Å². The van der Waals surface area contributed by atoms with E-state index in [9.17, 15) is 24.3 Å². The second-order valence-electron chi connectivity index (χ2n) is 11.0. The Balaban J connectivity index is 1.34. The van der Waals surface area contributed by atoms with Crippen molar-refractivity contribution in [3.8, 4) is 11.1 Å². The number of benzene rings is 4. The molecule has 4 aromatic rings. The van der Waals surface area contributed by atoms with Gasteiger partial charge in [0.1, 0.15) is 12.4 Å². The van der Waals surface area contributed by atoms with E-state index in [0.29, 0.717) is 39.6 Å². The van der Waals surface area contributed by atoms with E-state index in [4.69, 9.17) is 11.6 Å². The van der Waals surface area contributed by atoms with Crippen molar-refractivity contribution in [1.82, 2.24) is 16.0 Å². The molecule has 2 heterocycles. The molecule has 0 saturated carbocycles. The van der Waals surface area contributed by atoms with Crippen molar-refractivity contribution in [2.24, 2.45) is 5.10 Å². The Bertz CT molecular complexity index is 1980. The van der Waals surface area contributed by atoms with Crippen molar-refractivity contribution in [3.05, 3.63) is 118 Å². The number of nitrogens with one attached hydrogen (secondary N) is 4. The number of fused-ring (bicyclic) bond motifs is 1. The lowest BCUT2D eigenvalue weighted by Gasteiger charge is -2.37. The molecule has 2 aliphatic rings. The molecule has 1 atom stereocenters. The van der Waals surface area contributed by atoms with Gasteiger partial charge in [0.25, 0.3) is 5.91 Å². The Kier molecular flexibility index (Phi) is 9.55. The first kappa shape index (κ1) is 32.7. The Morgan fingerprint density at radius 3 is 2.41 bits per heavy atom. The van der Waals surface area contributed by atoms with Crippen LogP contribution in [-0.2, 0) is 20.7 Å². The van der Waals surface area contributed by atoms with Gasteiger partial charge in [-0.05, 0) is 89.3 Å². The maximum absolute atomic E-state index is 14.1. The summed E-state index contributed by atoms with van der Waals surface area (Å²) in [7, 11) is 1.29. The number of amides is 3. The third kappa shape index (κ3) is 7.22. The summed E-state index contributed by atoms with van der Waals surface area (Å²) < 4.78 is 4.67. The minimum Gasteiger partial charge on any atom is -0.478 e. The molecule has 6 rings (SSSR count). The number of nitrogens with zero attached hydrogens (tertiary/aromatic N) is 3. The van der Waals surface area contributed by atoms with E-state index in [1.165, 1.54) is 48.7 Å². The summed E-state index contributed by atoms with van der Waals surface area (Å²) in [5, 5.41) is 20.8. The Hall–Kier alpha value is -6.18. The molecule has 4 aromatic carbocycles. The molecule has 14 heteroatoms. The number of methoxy groups -OCH3 is 1. The summed E-state index contributed by atoms with van der Waals surface area (Å²) >= 11 is 6.29. The largest absolute Gasteiger partial charge is 0.478 e. The van der Waals surface area contributed by atoms with Gasteiger partial charge in [0, 0.05) is 34.6 Å². The monoisotopic (exact) mass is 679 g/mol. The first-order valence-electron chi connectivity index (χ1n) is 15.0. The number of rotatable bonds is 8. The molecule has 0 radical (unpaired) electrons. The molecular weight excluding hydrogens is 650 g/mol. The number of carboxylic acid groups (broad SMARTS) is 1. The average Bonchev–Trinajstić information content (AvgIpc) is 3.65. The van der Waals surface area contributed by atoms with Gasteiger partial charge in [-0.15, -0.1) is 5.53 Å². The molecule has 0 aromatic heterocycles. The molecule has 0 saturated heterocycles. The molecule has 0 bridgehead atoms. The smallest absolute Gasteiger partial charge is 0.411 e. The van der Waals surface area contributed by atoms with E-state index in [2.05, 4.69) is 31.5 Å². The topological polar surface area (TPSA) is 165 Å². The lowest BCUT2D eigenvalue weighted by atomic mass is 9.86. The van der Waals surface area contributed by atoms with Crippen molar-refractivity contribution in [3.63, 3.8) is 0 Å². The maximum Gasteiger partial charge on any atom is 0.411 e. The third-order valence-electron chi connectivity index (χ3n) is 8.04. The van der Waals surface area contributed by atoms with Crippen LogP contribution in [0.25, 0.3) is 17.2 Å². The van der Waals surface area contributed by atoms with E-state index in [1.54, 1.807) is 41.4 Å². The number of carbonyl (C=O) groups is 4. The average molecular weight is 680 g/mol. The number of halogens is 1. The molecular formula is C35H30ClN7O6. The standard InChI is InChI=1S/C35H30ClN7O6/c1-49-35(48)39-26-11-5-21(6-12-26)27-3-2-4-29-28(27)17-18-42(32(29)33(45)38-25-13-7-22(8-14-25)34(46)47)31(44)16-9-23-19-24(36)10-15-30(23)43-20-37-40-41-43/h2-16,19-20,32,40-41H,17-18H2,1H3,(H,38,45)(H,39,48)(H,46,47)/b16-9+. The quantitative estimate of drug-likeness (QED) is 0.153. The zero-order valence-electron chi connectivity index (χ0n) is 26.0. The van der Waals surface area contributed by atoms with Crippen molar-refractivity contribution < 1.29 is 29.0 Å². The van der Waals surface area contributed by atoms with Gasteiger partial charge >= 0.3 is 12.1 Å². The SMILES string of the molecule is COC(=O)Nc1ccc(-c2cccc3c2CCN(C(=O)/C=C/c2cc(Cl)ccc2N2C=NNN2)C3C(=O)Nc2ccc(C(=O)O)cc2)cc1. The van der Waals surface area contributed by atoms with E-state index in [-0.39, 0.29) is 12.1 Å². The number of anilines is 3. The number of aromatic carboxylic acids is 1. The van der Waals surface area contributed by atoms with Gasteiger partial charge in [0.15, 0.2) is 0 Å². The van der Waals surface area contributed by atoms with Crippen LogP contribution in [0.15, 0.2) is 96.1 Å². The predicted octanol–water partition coefficient (Wildman–Crippen LogP) is 5.43. The highest BCUT2D eigenvalue weighted by molar-refractivity contribution is 6.30. The van der Waals surface area contributed by atoms with Crippen molar-refractivity contribution in [2.75, 3.05) is 29.3 Å². The number of hydrazine groups is 2. The molecule has 0 aliphatic carbocycles. The number of hydrazone groups is 1. The van der Waals surface area contributed by atoms with E-state index in [1.807, 2.05) is 30.3 Å². The van der Waals surface area contributed by atoms with Crippen molar-refractivity contribution in [2.45, 2.75) is 12.5 Å². The number of ether oxygens (including phenoxy) is 1. The van der Waals surface area contributed by atoms with Crippen LogP contribution in [0.3, 0.4) is 0 Å². The minimum atomic E-state index is -1.09. The van der Waals surface area contributed by atoms with Crippen LogP contribution in [-0.4, -0.2) is 53.9 Å². The second-order valence-corrected chi connectivity index (χ2v) is 11.4. The lowest BCUT2D eigenvalue weighted by molar-refractivity contribution is -0.135. The fourth-order valence-electron chi connectivity index (χ4n) is 5.72. The lowest BCUT2D eigenvalue weighted by Crippen LogP contribution is -2.45. The minimum absolute atomic E-state index is 0.0759. The fourth-order valence-corrected chi connectivity index (χ4v) is 5.90. The molecule has 1 unspecified atom stereocenters. The molecule has 2 aliphatic heterocycles. The highest BCUT2D eigenvalue weighted by atomic mass is 35.5. The zero-order chi connectivity index (χ0) is 34.5. The van der Waals surface area contributed by atoms with Gasteiger partial charge in [-0.3, -0.25) is 14.9 Å². The summed E-state index contributed by atoms with van der Waals surface area (Å²) in [6.07, 6.45) is 4.45. The van der Waals surface area contributed by atoms with E-state index < -0.39 is 29.9 Å². The van der Waals surface area contributed by atoms with Crippen molar-refractivity contribution >= 4 is 65.0 Å². The Labute approximate surface area is 285 Å². The first-order valence-corrected chi connectivity index (χ1v) is 15.4. The maximum atomic E-state index is 14.1. The molecule has 248 valence electrons. The molecule has 13 nitrogen and oxygen atoms in total. The molecule has 0 spiro atoms. The van der Waals surface area contributed by atoms with Crippen LogP contribution >= 0.6 is 11.6 Å². The van der Waals surface area contributed by atoms with Crippen LogP contribution in [0.1, 0.15) is 33.1 Å². The summed E-state index contributed by atoms with van der Waals surface area (Å²) in [4.78, 5) is 52.5.